The summed E-state index contributed by atoms with van der Waals surface area (Å²) < 4.78 is 21.0. The van der Waals surface area contributed by atoms with E-state index < -0.39 is 5.43 Å². The zero-order chi connectivity index (χ0) is 26.8. The first-order chi connectivity index (χ1) is 18.3. The smallest absolute Gasteiger partial charge is 0.275 e. The lowest BCUT2D eigenvalue weighted by molar-refractivity contribution is 0.0484. The van der Waals surface area contributed by atoms with Crippen molar-refractivity contribution < 1.29 is 18.7 Å². The second kappa shape index (κ2) is 10.9. The number of amides is 1. The van der Waals surface area contributed by atoms with Crippen molar-refractivity contribution in [1.29, 1.82) is 0 Å². The van der Waals surface area contributed by atoms with Crippen molar-refractivity contribution in [3.63, 3.8) is 0 Å². The lowest BCUT2D eigenvalue weighted by atomic mass is 10.0. The minimum atomic E-state index is -0.568. The number of aryl methyl sites for hydroxylation is 1. The molecule has 0 radical (unpaired) electrons. The lowest BCUT2D eigenvalue weighted by Gasteiger charge is -2.37. The molecule has 0 aliphatic carbocycles. The number of Topliss-reactive ketones (excluding diaryl/α,β-unsaturated/α-hetero) is 1. The van der Waals surface area contributed by atoms with Crippen molar-refractivity contribution in [2.75, 3.05) is 19.6 Å². The zero-order valence-corrected chi connectivity index (χ0v) is 21.7. The van der Waals surface area contributed by atoms with Crippen molar-refractivity contribution in [2.45, 2.75) is 46.0 Å². The fourth-order valence-corrected chi connectivity index (χ4v) is 5.29. The normalized spacial score (nSPS) is 17.0. The Hall–Kier alpha value is -3.78. The number of aromatic nitrogens is 1. The van der Waals surface area contributed by atoms with E-state index in [9.17, 15) is 18.8 Å². The van der Waals surface area contributed by atoms with E-state index in [-0.39, 0.29) is 53.7 Å². The number of benzene rings is 2. The summed E-state index contributed by atoms with van der Waals surface area (Å²) in [5.41, 5.74) is 1.29. The highest BCUT2D eigenvalue weighted by atomic mass is 19.1. The van der Waals surface area contributed by atoms with Crippen LogP contribution in [0, 0.1) is 11.7 Å². The van der Waals surface area contributed by atoms with E-state index in [4.69, 9.17) is 4.74 Å². The molecule has 0 N–H and O–H groups in total. The molecular formula is C30H32FN3O4. The minimum Gasteiger partial charge on any atom is -0.483 e. The maximum absolute atomic E-state index is 13.7. The van der Waals surface area contributed by atoms with E-state index in [0.29, 0.717) is 25.4 Å². The number of rotatable bonds is 9. The molecule has 38 heavy (non-hydrogen) atoms. The van der Waals surface area contributed by atoms with Gasteiger partial charge in [-0.1, -0.05) is 56.3 Å². The SMILES string of the molecule is CC(C)CN1CCN2C(=O)c3c(OCc4ccccc4)c(=O)c(C(=O)CCc4ccc(F)cc4)cn3CC12. The van der Waals surface area contributed by atoms with Gasteiger partial charge in [0, 0.05) is 32.3 Å². The number of ether oxygens (including phenoxy) is 1. The molecule has 8 heteroatoms. The zero-order valence-electron chi connectivity index (χ0n) is 21.7. The Kier molecular flexibility index (Phi) is 7.42. The van der Waals surface area contributed by atoms with E-state index in [2.05, 4.69) is 18.7 Å². The number of halogens is 1. The summed E-state index contributed by atoms with van der Waals surface area (Å²) in [4.78, 5) is 44.7. The van der Waals surface area contributed by atoms with Gasteiger partial charge in [0.05, 0.1) is 12.1 Å². The summed E-state index contributed by atoms with van der Waals surface area (Å²) in [7, 11) is 0. The highest BCUT2D eigenvalue weighted by Gasteiger charge is 2.42. The molecule has 1 fully saturated rings. The first kappa shape index (κ1) is 25.9. The van der Waals surface area contributed by atoms with Crippen LogP contribution in [0.1, 0.15) is 52.2 Å². The summed E-state index contributed by atoms with van der Waals surface area (Å²) in [6, 6.07) is 15.4. The van der Waals surface area contributed by atoms with Crippen LogP contribution in [0.5, 0.6) is 5.75 Å². The third-order valence-corrected chi connectivity index (χ3v) is 7.15. The second-order valence-corrected chi connectivity index (χ2v) is 10.4. The summed E-state index contributed by atoms with van der Waals surface area (Å²) >= 11 is 0. The van der Waals surface area contributed by atoms with Crippen molar-refractivity contribution in [3.05, 3.63) is 99.2 Å². The molecule has 1 atom stereocenters. The van der Waals surface area contributed by atoms with Gasteiger partial charge in [0.2, 0.25) is 5.43 Å². The molecule has 0 saturated carbocycles. The van der Waals surface area contributed by atoms with Crippen molar-refractivity contribution in [2.24, 2.45) is 5.92 Å². The Balaban J connectivity index is 1.49. The summed E-state index contributed by atoms with van der Waals surface area (Å²) in [5, 5.41) is 0. The number of hydrogen-bond acceptors (Lipinski definition) is 5. The van der Waals surface area contributed by atoms with Crippen LogP contribution in [0.4, 0.5) is 4.39 Å². The molecule has 7 nitrogen and oxygen atoms in total. The van der Waals surface area contributed by atoms with Crippen LogP contribution < -0.4 is 10.2 Å². The molecule has 3 aromatic rings. The fraction of sp³-hybridized carbons (Fsp3) is 0.367. The molecule has 2 aliphatic rings. The molecule has 5 rings (SSSR count). The van der Waals surface area contributed by atoms with Crippen LogP contribution in [0.15, 0.2) is 65.6 Å². The van der Waals surface area contributed by atoms with E-state index in [1.165, 1.54) is 18.3 Å². The van der Waals surface area contributed by atoms with E-state index in [1.807, 2.05) is 35.2 Å². The molecule has 1 amide bonds. The van der Waals surface area contributed by atoms with Crippen LogP contribution in [0.2, 0.25) is 0 Å². The number of pyridine rings is 1. The average Bonchev–Trinajstić information content (AvgIpc) is 3.30. The van der Waals surface area contributed by atoms with Crippen LogP contribution >= 0.6 is 0 Å². The maximum Gasteiger partial charge on any atom is 0.275 e. The summed E-state index contributed by atoms with van der Waals surface area (Å²) in [6.07, 6.45) is 1.85. The molecular weight excluding hydrogens is 485 g/mol. The number of nitrogens with zero attached hydrogens (tertiary/aromatic N) is 3. The average molecular weight is 518 g/mol. The molecule has 2 aliphatic heterocycles. The van der Waals surface area contributed by atoms with Gasteiger partial charge >= 0.3 is 0 Å². The first-order valence-corrected chi connectivity index (χ1v) is 13.1. The maximum atomic E-state index is 13.7. The molecule has 1 aromatic heterocycles. The molecule has 0 bridgehead atoms. The first-order valence-electron chi connectivity index (χ1n) is 13.1. The van der Waals surface area contributed by atoms with Gasteiger partial charge < -0.3 is 14.2 Å². The monoisotopic (exact) mass is 517 g/mol. The third kappa shape index (κ3) is 5.27. The molecule has 3 heterocycles. The summed E-state index contributed by atoms with van der Waals surface area (Å²) in [5.74, 6) is -0.566. The van der Waals surface area contributed by atoms with Gasteiger partial charge in [-0.15, -0.1) is 0 Å². The van der Waals surface area contributed by atoms with Gasteiger partial charge in [-0.05, 0) is 35.6 Å². The third-order valence-electron chi connectivity index (χ3n) is 7.15. The van der Waals surface area contributed by atoms with Crippen molar-refractivity contribution in [1.82, 2.24) is 14.4 Å². The minimum absolute atomic E-state index is 0.00794. The number of hydrogen-bond donors (Lipinski definition) is 0. The van der Waals surface area contributed by atoms with Gasteiger partial charge in [0.25, 0.3) is 5.91 Å². The molecule has 0 spiro atoms. The highest BCUT2D eigenvalue weighted by Crippen LogP contribution is 2.30. The Morgan fingerprint density at radius 1 is 1.03 bits per heavy atom. The molecule has 198 valence electrons. The molecule has 1 saturated heterocycles. The van der Waals surface area contributed by atoms with Crippen LogP contribution in [0.25, 0.3) is 0 Å². The Morgan fingerprint density at radius 2 is 1.76 bits per heavy atom. The lowest BCUT2D eigenvalue weighted by Crippen LogP contribution is -2.51. The van der Waals surface area contributed by atoms with Crippen molar-refractivity contribution >= 4 is 11.7 Å². The van der Waals surface area contributed by atoms with Crippen LogP contribution in [-0.4, -0.2) is 51.9 Å². The number of fused-ring (bicyclic) bond motifs is 2. The van der Waals surface area contributed by atoms with Gasteiger partial charge in [-0.25, -0.2) is 4.39 Å². The second-order valence-electron chi connectivity index (χ2n) is 10.4. The Morgan fingerprint density at radius 3 is 2.47 bits per heavy atom. The fourth-order valence-electron chi connectivity index (χ4n) is 5.29. The quantitative estimate of drug-likeness (QED) is 0.399. The van der Waals surface area contributed by atoms with Crippen molar-refractivity contribution in [3.8, 4) is 5.75 Å². The Labute approximate surface area is 221 Å². The van der Waals surface area contributed by atoms with E-state index >= 15 is 0 Å². The topological polar surface area (TPSA) is 71.8 Å². The predicted octanol–water partition coefficient (Wildman–Crippen LogP) is 4.14. The molecule has 1 unspecified atom stereocenters. The van der Waals surface area contributed by atoms with Gasteiger partial charge in [0.15, 0.2) is 17.2 Å². The van der Waals surface area contributed by atoms with E-state index in [1.54, 1.807) is 16.7 Å². The van der Waals surface area contributed by atoms with Crippen LogP contribution in [0.3, 0.4) is 0 Å². The van der Waals surface area contributed by atoms with Crippen LogP contribution in [-0.2, 0) is 19.6 Å². The standard InChI is InChI=1S/C30H32FN3O4/c1-20(2)16-32-14-15-34-26(32)18-33-17-24(25(35)13-10-21-8-11-23(31)12-9-21)28(36)29(27(33)30(34)37)38-19-22-6-4-3-5-7-22/h3-9,11-12,17,20,26H,10,13-16,18-19H2,1-2H3. The number of carbonyl (C=O) groups excluding carboxylic acids is 2. The summed E-state index contributed by atoms with van der Waals surface area (Å²) in [6.45, 7) is 7.04. The van der Waals surface area contributed by atoms with Gasteiger partial charge in [-0.3, -0.25) is 19.3 Å². The number of carbonyl (C=O) groups is 2. The van der Waals surface area contributed by atoms with Gasteiger partial charge in [0.1, 0.15) is 18.6 Å². The van der Waals surface area contributed by atoms with E-state index in [0.717, 1.165) is 24.2 Å². The highest BCUT2D eigenvalue weighted by molar-refractivity contribution is 6.00. The Bertz CT molecular complexity index is 1390. The predicted molar refractivity (Wildman–Crippen MR) is 142 cm³/mol. The van der Waals surface area contributed by atoms with Gasteiger partial charge in [-0.2, -0.15) is 0 Å². The number of ketones is 1. The molecule has 2 aromatic carbocycles. The largest absolute Gasteiger partial charge is 0.483 e.